The van der Waals surface area contributed by atoms with Crippen LogP contribution in [0.1, 0.15) is 56.1 Å². The third-order valence-electron chi connectivity index (χ3n) is 9.49. The van der Waals surface area contributed by atoms with Crippen LogP contribution in [-0.2, 0) is 11.3 Å². The molecule has 4 unspecified atom stereocenters. The molecule has 4 saturated carbocycles. The maximum Gasteiger partial charge on any atom is 0.573 e. The summed E-state index contributed by atoms with van der Waals surface area (Å²) in [7, 11) is 0. The Morgan fingerprint density at radius 2 is 1.95 bits per heavy atom. The fraction of sp³-hybridized carbons (Fsp3) is 0.586. The third kappa shape index (κ3) is 5.64. The number of rotatable bonds is 9. The summed E-state index contributed by atoms with van der Waals surface area (Å²) in [6.45, 7) is 1.51. The van der Waals surface area contributed by atoms with Crippen LogP contribution in [0, 0.1) is 34.5 Å². The van der Waals surface area contributed by atoms with E-state index in [1.54, 1.807) is 6.07 Å². The molecule has 6 atom stereocenters. The first-order chi connectivity index (χ1) is 19.6. The van der Waals surface area contributed by atoms with Gasteiger partial charge in [-0.2, -0.15) is 10.2 Å². The van der Waals surface area contributed by atoms with Gasteiger partial charge in [-0.25, -0.2) is 4.98 Å². The van der Waals surface area contributed by atoms with E-state index in [1.165, 1.54) is 24.4 Å². The highest BCUT2D eigenvalue weighted by molar-refractivity contribution is 5.73. The van der Waals surface area contributed by atoms with Gasteiger partial charge in [0.1, 0.15) is 29.2 Å². The molecule has 1 aromatic carbocycles. The first-order valence-electron chi connectivity index (χ1n) is 14.2. The van der Waals surface area contributed by atoms with Crippen LogP contribution in [0.3, 0.4) is 0 Å². The van der Waals surface area contributed by atoms with Gasteiger partial charge in [-0.05, 0) is 80.7 Å². The summed E-state index contributed by atoms with van der Waals surface area (Å²) in [6.07, 6.45) is 3.72. The Hall–Kier alpha value is -3.59. The Morgan fingerprint density at radius 3 is 2.66 bits per heavy atom. The van der Waals surface area contributed by atoms with E-state index in [9.17, 15) is 28.3 Å². The van der Waals surface area contributed by atoms with Crippen LogP contribution < -0.4 is 15.4 Å². The molecule has 0 spiro atoms. The van der Waals surface area contributed by atoms with Crippen LogP contribution in [0.4, 0.5) is 24.9 Å². The van der Waals surface area contributed by atoms with Crippen LogP contribution in [0.2, 0.25) is 0 Å². The molecule has 218 valence electrons. The minimum Gasteiger partial charge on any atom is -0.480 e. The molecular formula is C29H33F3N6O3. The molecule has 1 saturated heterocycles. The highest BCUT2D eigenvalue weighted by Crippen LogP contribution is 2.61. The first kappa shape index (κ1) is 27.6. The molecule has 7 rings (SSSR count). The van der Waals surface area contributed by atoms with Gasteiger partial charge in [0.05, 0.1) is 6.20 Å². The number of alkyl halides is 3. The van der Waals surface area contributed by atoms with Gasteiger partial charge in [-0.1, -0.05) is 18.2 Å². The average molecular weight is 571 g/mol. The molecule has 2 heterocycles. The Labute approximate surface area is 236 Å². The zero-order chi connectivity index (χ0) is 28.8. The van der Waals surface area contributed by atoms with Gasteiger partial charge in [0.25, 0.3) is 0 Å². The number of hydrogen-bond acceptors (Lipinski definition) is 8. The highest BCUT2D eigenvalue weighted by Gasteiger charge is 2.57. The van der Waals surface area contributed by atoms with E-state index in [1.807, 2.05) is 0 Å². The number of carbonyl (C=O) groups is 1. The quantitative estimate of drug-likeness (QED) is 0.382. The number of hydrogen-bond donors (Lipinski definition) is 3. The third-order valence-corrected chi connectivity index (χ3v) is 9.49. The van der Waals surface area contributed by atoms with Crippen LogP contribution in [0.25, 0.3) is 0 Å². The van der Waals surface area contributed by atoms with Gasteiger partial charge in [0.15, 0.2) is 0 Å². The lowest BCUT2D eigenvalue weighted by Crippen LogP contribution is -2.62. The molecule has 12 heteroatoms. The van der Waals surface area contributed by atoms with Crippen molar-refractivity contribution < 1.29 is 27.8 Å². The zero-order valence-corrected chi connectivity index (χ0v) is 22.5. The molecule has 0 radical (unpaired) electrons. The monoisotopic (exact) mass is 570 g/mol. The first-order valence-corrected chi connectivity index (χ1v) is 14.2. The lowest BCUT2D eigenvalue weighted by atomic mass is 9.47. The van der Waals surface area contributed by atoms with Crippen molar-refractivity contribution in [1.29, 1.82) is 5.26 Å². The molecule has 2 aromatic rings. The second-order valence-electron chi connectivity index (χ2n) is 12.1. The van der Waals surface area contributed by atoms with Crippen LogP contribution in [-0.4, -0.2) is 57.5 Å². The number of nitrogens with zero attached hydrogens (tertiary/aromatic N) is 4. The van der Waals surface area contributed by atoms with E-state index < -0.39 is 12.3 Å². The second-order valence-corrected chi connectivity index (χ2v) is 12.1. The standard InChI is InChI=1S/C29H33F3N6O3/c30-29(31,32)41-23-6-2-1-4-18(23)14-34-27-35-15-21(13-33)25(37-27)36-16-28-10-17-8-19(11-28)24(20(9-17)12-28)38-7-3-5-22(38)26(39)40/h1-2,4,6,15,17,19-20,22,24H,3,5,7-12,14,16H2,(H,39,40)(H2,34,35,36,37)/t17?,19-,20+,22?,24?,28?. The van der Waals surface area contributed by atoms with Crippen molar-refractivity contribution in [2.75, 3.05) is 23.7 Å². The normalized spacial score (nSPS) is 30.6. The molecule has 4 bridgehead atoms. The Bertz CT molecular complexity index is 1330. The number of carboxylic acid groups (broad SMARTS) is 1. The minimum absolute atomic E-state index is 0.00178. The molecule has 0 amide bonds. The second kappa shape index (κ2) is 10.7. The highest BCUT2D eigenvalue weighted by atomic mass is 19.4. The zero-order valence-electron chi connectivity index (χ0n) is 22.5. The average Bonchev–Trinajstić information content (AvgIpc) is 3.40. The lowest BCUT2D eigenvalue weighted by molar-refractivity contribution is -0.274. The molecule has 1 aromatic heterocycles. The van der Waals surface area contributed by atoms with E-state index in [0.29, 0.717) is 47.3 Å². The van der Waals surface area contributed by atoms with Gasteiger partial charge in [0.2, 0.25) is 5.95 Å². The maximum atomic E-state index is 12.8. The van der Waals surface area contributed by atoms with Crippen molar-refractivity contribution in [3.63, 3.8) is 0 Å². The topological polar surface area (TPSA) is 123 Å². The van der Waals surface area contributed by atoms with Gasteiger partial charge in [-0.15, -0.1) is 13.2 Å². The number of aromatic nitrogens is 2. The fourth-order valence-electron chi connectivity index (χ4n) is 8.34. The van der Waals surface area contributed by atoms with Gasteiger partial charge < -0.3 is 20.5 Å². The summed E-state index contributed by atoms with van der Waals surface area (Å²) >= 11 is 0. The maximum absolute atomic E-state index is 12.8. The largest absolute Gasteiger partial charge is 0.573 e. The van der Waals surface area contributed by atoms with Crippen molar-refractivity contribution in [2.45, 2.75) is 69.9 Å². The number of aliphatic carboxylic acids is 1. The SMILES string of the molecule is N#Cc1cnc(NCc2ccccc2OC(F)(F)F)nc1NCC12CC3C[C@H](C1)C(N1CCCC1C(=O)O)[C@@H](C3)C2. The van der Waals surface area contributed by atoms with Crippen molar-refractivity contribution in [3.8, 4) is 11.8 Å². The molecule has 5 fully saturated rings. The van der Waals surface area contributed by atoms with Crippen molar-refractivity contribution in [2.24, 2.45) is 23.2 Å². The van der Waals surface area contributed by atoms with Crippen molar-refractivity contribution >= 4 is 17.7 Å². The number of benzene rings is 1. The fourth-order valence-corrected chi connectivity index (χ4v) is 8.34. The molecular weight excluding hydrogens is 537 g/mol. The number of nitriles is 1. The van der Waals surface area contributed by atoms with E-state index >= 15 is 0 Å². The summed E-state index contributed by atoms with van der Waals surface area (Å²) in [4.78, 5) is 22.9. The van der Waals surface area contributed by atoms with Crippen LogP contribution in [0.15, 0.2) is 30.5 Å². The number of nitrogens with one attached hydrogen (secondary N) is 2. The van der Waals surface area contributed by atoms with E-state index in [-0.39, 0.29) is 29.7 Å². The number of halogens is 3. The number of ether oxygens (including phenoxy) is 1. The van der Waals surface area contributed by atoms with Crippen molar-refractivity contribution in [1.82, 2.24) is 14.9 Å². The predicted molar refractivity (Wildman–Crippen MR) is 143 cm³/mol. The summed E-state index contributed by atoms with van der Waals surface area (Å²) in [5, 5.41) is 25.8. The molecule has 5 aliphatic rings. The minimum atomic E-state index is -4.80. The summed E-state index contributed by atoms with van der Waals surface area (Å²) in [5.41, 5.74) is 0.642. The van der Waals surface area contributed by atoms with E-state index in [0.717, 1.165) is 51.5 Å². The number of anilines is 2. The van der Waals surface area contributed by atoms with E-state index in [2.05, 4.69) is 36.3 Å². The van der Waals surface area contributed by atoms with Gasteiger partial charge in [0, 0.05) is 24.7 Å². The van der Waals surface area contributed by atoms with Gasteiger partial charge >= 0.3 is 12.3 Å². The Balaban J connectivity index is 1.14. The Kier molecular flexibility index (Phi) is 7.18. The molecule has 9 nitrogen and oxygen atoms in total. The molecule has 41 heavy (non-hydrogen) atoms. The predicted octanol–water partition coefficient (Wildman–Crippen LogP) is 5.01. The van der Waals surface area contributed by atoms with E-state index in [4.69, 9.17) is 0 Å². The smallest absolute Gasteiger partial charge is 0.480 e. The summed E-state index contributed by atoms with van der Waals surface area (Å²) in [6, 6.07) is 7.95. The summed E-state index contributed by atoms with van der Waals surface area (Å²) < 4.78 is 42.5. The lowest BCUT2D eigenvalue weighted by Gasteiger charge is -2.62. The Morgan fingerprint density at radius 1 is 1.20 bits per heavy atom. The number of para-hydroxylation sites is 1. The van der Waals surface area contributed by atoms with Crippen LogP contribution in [0.5, 0.6) is 5.75 Å². The number of likely N-dealkylation sites (tertiary alicyclic amines) is 1. The summed E-state index contributed by atoms with van der Waals surface area (Å²) in [5.74, 6) is 1.15. The van der Waals surface area contributed by atoms with Crippen molar-refractivity contribution in [3.05, 3.63) is 41.6 Å². The number of carboxylic acids is 1. The van der Waals surface area contributed by atoms with Gasteiger partial charge in [-0.3, -0.25) is 9.69 Å². The molecule has 3 N–H and O–H groups in total. The molecule has 4 aliphatic carbocycles. The molecule has 1 aliphatic heterocycles. The van der Waals surface area contributed by atoms with Crippen LogP contribution >= 0.6 is 0 Å².